The summed E-state index contributed by atoms with van der Waals surface area (Å²) in [6.45, 7) is 7.38. The van der Waals surface area contributed by atoms with Crippen molar-refractivity contribution in [3.05, 3.63) is 45.6 Å². The van der Waals surface area contributed by atoms with E-state index in [-0.39, 0.29) is 22.9 Å². The maximum absolute atomic E-state index is 13.0. The van der Waals surface area contributed by atoms with E-state index in [1.165, 1.54) is 4.68 Å². The summed E-state index contributed by atoms with van der Waals surface area (Å²) in [5, 5.41) is 11.8. The van der Waals surface area contributed by atoms with E-state index in [1.807, 2.05) is 17.0 Å². The molecule has 2 aromatic rings. The zero-order valence-corrected chi connectivity index (χ0v) is 16.2. The quantitative estimate of drug-likeness (QED) is 0.897. The Morgan fingerprint density at radius 2 is 2.04 bits per heavy atom. The summed E-state index contributed by atoms with van der Waals surface area (Å²) in [6, 6.07) is 5.26. The van der Waals surface area contributed by atoms with E-state index in [9.17, 15) is 9.59 Å². The van der Waals surface area contributed by atoms with Crippen molar-refractivity contribution < 1.29 is 4.79 Å². The van der Waals surface area contributed by atoms with Crippen LogP contribution in [0, 0.1) is 0 Å². The Morgan fingerprint density at radius 1 is 1.26 bits per heavy atom. The Hall–Kier alpha value is -2.44. The molecule has 0 radical (unpaired) electrons. The van der Waals surface area contributed by atoms with Gasteiger partial charge >= 0.3 is 0 Å². The van der Waals surface area contributed by atoms with Crippen LogP contribution in [-0.2, 0) is 12.0 Å². The van der Waals surface area contributed by atoms with E-state index in [4.69, 9.17) is 0 Å². The van der Waals surface area contributed by atoms with Crippen LogP contribution in [0.5, 0.6) is 0 Å². The lowest BCUT2D eigenvalue weighted by molar-refractivity contribution is 0.0714. The predicted octanol–water partition coefficient (Wildman–Crippen LogP) is 2.45. The lowest BCUT2D eigenvalue weighted by atomic mass is 9.92. The predicted molar refractivity (Wildman–Crippen MR) is 102 cm³/mol. The molecule has 7 heteroatoms. The van der Waals surface area contributed by atoms with Crippen molar-refractivity contribution in [1.29, 1.82) is 0 Å². The highest BCUT2D eigenvalue weighted by Crippen LogP contribution is 2.38. The number of aromatic amines is 1. The number of nitrogens with one attached hydrogen (secondary N) is 1. The Labute approximate surface area is 158 Å². The van der Waals surface area contributed by atoms with E-state index >= 15 is 0 Å². The topological polar surface area (TPSA) is 83.9 Å². The molecular weight excluding hydrogens is 342 g/mol. The van der Waals surface area contributed by atoms with Gasteiger partial charge in [-0.15, -0.1) is 0 Å². The van der Waals surface area contributed by atoms with Crippen LogP contribution in [0.1, 0.15) is 74.2 Å². The van der Waals surface area contributed by atoms with Gasteiger partial charge in [-0.05, 0) is 37.8 Å². The number of carbonyl (C=O) groups excluding carboxylic acids is 1. The summed E-state index contributed by atoms with van der Waals surface area (Å²) in [7, 11) is 0. The summed E-state index contributed by atoms with van der Waals surface area (Å²) in [5.41, 5.74) is 2.19. The first-order chi connectivity index (χ1) is 12.8. The number of amides is 1. The van der Waals surface area contributed by atoms with Gasteiger partial charge in [0.1, 0.15) is 5.69 Å². The molecule has 1 atom stereocenters. The third kappa shape index (κ3) is 3.68. The van der Waals surface area contributed by atoms with E-state index in [0.29, 0.717) is 24.7 Å². The van der Waals surface area contributed by atoms with Crippen LogP contribution < -0.4 is 5.56 Å². The van der Waals surface area contributed by atoms with Crippen molar-refractivity contribution in [2.45, 2.75) is 70.4 Å². The number of likely N-dealkylation sites (tertiary alicyclic amines) is 1. The monoisotopic (exact) mass is 369 g/mol. The van der Waals surface area contributed by atoms with Crippen LogP contribution in [-0.4, -0.2) is 43.4 Å². The molecule has 27 heavy (non-hydrogen) atoms. The van der Waals surface area contributed by atoms with E-state index in [0.717, 1.165) is 37.1 Å². The average Bonchev–Trinajstić information content (AvgIpc) is 3.15. The van der Waals surface area contributed by atoms with Gasteiger partial charge in [-0.3, -0.25) is 14.7 Å². The summed E-state index contributed by atoms with van der Waals surface area (Å²) in [6.07, 6.45) is 4.11. The van der Waals surface area contributed by atoms with E-state index in [1.54, 1.807) is 6.07 Å². The minimum absolute atomic E-state index is 0.0214. The minimum Gasteiger partial charge on any atom is -0.332 e. The molecule has 2 fully saturated rings. The number of H-pyrrole nitrogens is 1. The van der Waals surface area contributed by atoms with Crippen molar-refractivity contribution in [3.8, 4) is 0 Å². The number of hydrogen-bond acceptors (Lipinski definition) is 4. The van der Waals surface area contributed by atoms with Crippen molar-refractivity contribution in [1.82, 2.24) is 24.9 Å². The van der Waals surface area contributed by atoms with Crippen LogP contribution in [0.4, 0.5) is 0 Å². The molecule has 3 heterocycles. The van der Waals surface area contributed by atoms with Crippen LogP contribution in [0.3, 0.4) is 0 Å². The fourth-order valence-electron chi connectivity index (χ4n) is 3.65. The molecule has 0 spiro atoms. The first-order valence-corrected chi connectivity index (χ1v) is 9.78. The molecule has 2 aliphatic rings. The second-order valence-corrected chi connectivity index (χ2v) is 8.76. The molecule has 1 N–H and O–H groups in total. The number of nitrogens with zero attached hydrogens (tertiary/aromatic N) is 4. The third-order valence-corrected chi connectivity index (χ3v) is 5.51. The van der Waals surface area contributed by atoms with Gasteiger partial charge in [-0.25, -0.2) is 4.68 Å². The van der Waals surface area contributed by atoms with Gasteiger partial charge in [0.2, 0.25) is 0 Å². The Bertz CT molecular complexity index is 904. The Balaban J connectivity index is 1.52. The average molecular weight is 369 g/mol. The van der Waals surface area contributed by atoms with Gasteiger partial charge in [0.15, 0.2) is 0 Å². The lowest BCUT2D eigenvalue weighted by Gasteiger charge is -2.24. The zero-order chi connectivity index (χ0) is 19.2. The lowest BCUT2D eigenvalue weighted by Crippen LogP contribution is -2.40. The number of carbonyl (C=O) groups is 1. The molecule has 1 aliphatic carbocycles. The Morgan fingerprint density at radius 3 is 2.70 bits per heavy atom. The summed E-state index contributed by atoms with van der Waals surface area (Å²) in [4.78, 5) is 27.1. The highest BCUT2D eigenvalue weighted by molar-refractivity contribution is 5.92. The fourth-order valence-corrected chi connectivity index (χ4v) is 3.65. The molecule has 2 aromatic heterocycles. The molecule has 1 amide bonds. The second-order valence-electron chi connectivity index (χ2n) is 8.76. The summed E-state index contributed by atoms with van der Waals surface area (Å²) < 4.78 is 1.54. The van der Waals surface area contributed by atoms with Crippen molar-refractivity contribution in [2.24, 2.45) is 0 Å². The summed E-state index contributed by atoms with van der Waals surface area (Å²) >= 11 is 0. The van der Waals surface area contributed by atoms with Crippen LogP contribution in [0.15, 0.2) is 23.0 Å². The van der Waals surface area contributed by atoms with Crippen LogP contribution >= 0.6 is 0 Å². The number of hydrogen-bond donors (Lipinski definition) is 1. The second kappa shape index (κ2) is 6.62. The fraction of sp³-hybridized carbons (Fsp3) is 0.600. The van der Waals surface area contributed by atoms with E-state index in [2.05, 4.69) is 36.1 Å². The van der Waals surface area contributed by atoms with Crippen molar-refractivity contribution in [3.63, 3.8) is 0 Å². The molecule has 144 valence electrons. The van der Waals surface area contributed by atoms with Gasteiger partial charge in [0.25, 0.3) is 11.5 Å². The maximum Gasteiger partial charge on any atom is 0.274 e. The molecular formula is C20H27N5O2. The minimum atomic E-state index is -0.103. The van der Waals surface area contributed by atoms with Gasteiger partial charge in [0.05, 0.1) is 18.3 Å². The third-order valence-electron chi connectivity index (χ3n) is 5.51. The maximum atomic E-state index is 13.0. The molecule has 1 saturated carbocycles. The molecule has 7 nitrogen and oxygen atoms in total. The van der Waals surface area contributed by atoms with Crippen LogP contribution in [0.25, 0.3) is 0 Å². The molecule has 1 aliphatic heterocycles. The normalized spacial score (nSPS) is 20.3. The highest BCUT2D eigenvalue weighted by atomic mass is 16.2. The standard InChI is InChI=1S/C20H27N5O2/c1-20(2,3)17-11-16(21-22-17)19(27)24-10-4-5-14(24)12-25-18(26)9-8-15(23-25)13-6-7-13/h8-9,11,13-14H,4-7,10,12H2,1-3H3,(H,21,22). The molecule has 0 bridgehead atoms. The van der Waals surface area contributed by atoms with Gasteiger partial charge < -0.3 is 4.90 Å². The molecule has 0 aromatic carbocycles. The zero-order valence-electron chi connectivity index (χ0n) is 16.2. The van der Waals surface area contributed by atoms with Gasteiger partial charge in [-0.1, -0.05) is 20.8 Å². The molecule has 4 rings (SSSR count). The highest BCUT2D eigenvalue weighted by Gasteiger charge is 2.32. The van der Waals surface area contributed by atoms with Gasteiger partial charge in [-0.2, -0.15) is 10.2 Å². The van der Waals surface area contributed by atoms with Gasteiger partial charge in [0, 0.05) is 29.6 Å². The molecule has 1 saturated heterocycles. The summed E-state index contributed by atoms with van der Waals surface area (Å²) in [5.74, 6) is 0.425. The number of aromatic nitrogens is 4. The SMILES string of the molecule is CC(C)(C)c1cc(C(=O)N2CCCC2Cn2nc(C3CC3)ccc2=O)n[nH]1. The van der Waals surface area contributed by atoms with E-state index < -0.39 is 0 Å². The first-order valence-electron chi connectivity index (χ1n) is 9.78. The van der Waals surface area contributed by atoms with Crippen molar-refractivity contribution >= 4 is 5.91 Å². The number of rotatable bonds is 4. The Kier molecular flexibility index (Phi) is 4.40. The first kappa shape index (κ1) is 17.9. The largest absolute Gasteiger partial charge is 0.332 e. The molecule has 1 unspecified atom stereocenters. The smallest absolute Gasteiger partial charge is 0.274 e. The van der Waals surface area contributed by atoms with Crippen LogP contribution in [0.2, 0.25) is 0 Å². The van der Waals surface area contributed by atoms with Crippen molar-refractivity contribution in [2.75, 3.05) is 6.54 Å².